The van der Waals surface area contributed by atoms with Gasteiger partial charge in [-0.15, -0.1) is 0 Å². The molecule has 1 aliphatic heterocycles. The normalized spacial score (nSPS) is 13.9. The number of halogens is 1. The molecular weight excluding hydrogens is 483 g/mol. The summed E-state index contributed by atoms with van der Waals surface area (Å²) in [6, 6.07) is 19.3. The molecule has 10 heteroatoms. The van der Waals surface area contributed by atoms with Crippen LogP contribution < -0.4 is 15.5 Å². The molecule has 3 aromatic rings. The van der Waals surface area contributed by atoms with Gasteiger partial charge < -0.3 is 15.5 Å². The van der Waals surface area contributed by atoms with Gasteiger partial charge in [-0.2, -0.15) is 0 Å². The van der Waals surface area contributed by atoms with Crippen molar-refractivity contribution in [3.05, 3.63) is 84.2 Å². The molecule has 3 aromatic carbocycles. The van der Waals surface area contributed by atoms with Gasteiger partial charge in [-0.3, -0.25) is 14.5 Å². The molecule has 0 bridgehead atoms. The maximum atomic E-state index is 13.7. The number of amides is 2. The molecule has 36 heavy (non-hydrogen) atoms. The van der Waals surface area contributed by atoms with Crippen LogP contribution in [0.4, 0.5) is 21.5 Å². The number of nitrogens with zero attached hydrogens (tertiary/aromatic N) is 3. The highest BCUT2D eigenvalue weighted by Crippen LogP contribution is 2.27. The molecule has 1 fully saturated rings. The summed E-state index contributed by atoms with van der Waals surface area (Å²) in [6.07, 6.45) is 1.04. The van der Waals surface area contributed by atoms with Crippen LogP contribution in [0.1, 0.15) is 10.4 Å². The molecule has 1 saturated heterocycles. The minimum absolute atomic E-state index is 0.0800. The number of piperazine rings is 1. The van der Waals surface area contributed by atoms with Crippen molar-refractivity contribution in [2.24, 2.45) is 0 Å². The Morgan fingerprint density at radius 1 is 0.944 bits per heavy atom. The lowest BCUT2D eigenvalue weighted by molar-refractivity contribution is -0.129. The summed E-state index contributed by atoms with van der Waals surface area (Å²) in [5.74, 6) is -1.25. The third-order valence-electron chi connectivity index (χ3n) is 6.09. The van der Waals surface area contributed by atoms with Gasteiger partial charge in [0.25, 0.3) is 5.91 Å². The molecule has 2 N–H and O–H groups in total. The average Bonchev–Trinajstić information content (AvgIpc) is 2.87. The Bertz CT molecular complexity index is 1370. The Hall–Kier alpha value is -3.92. The smallest absolute Gasteiger partial charge is 0.260 e. The van der Waals surface area contributed by atoms with Crippen molar-refractivity contribution in [1.82, 2.24) is 4.90 Å². The summed E-state index contributed by atoms with van der Waals surface area (Å²) in [5.41, 5.74) is 7.63. The van der Waals surface area contributed by atoms with Gasteiger partial charge >= 0.3 is 0 Å². The van der Waals surface area contributed by atoms with Crippen LogP contribution in [0.3, 0.4) is 0 Å². The number of hydrogen-bond donors (Lipinski definition) is 1. The topological polar surface area (TPSA) is 104 Å². The van der Waals surface area contributed by atoms with Gasteiger partial charge in [0.1, 0.15) is 12.4 Å². The fourth-order valence-electron chi connectivity index (χ4n) is 4.20. The van der Waals surface area contributed by atoms with Crippen molar-refractivity contribution < 1.29 is 22.4 Å². The lowest BCUT2D eigenvalue weighted by Gasteiger charge is -2.37. The Morgan fingerprint density at radius 2 is 1.58 bits per heavy atom. The molecule has 188 valence electrons. The largest absolute Gasteiger partial charge is 0.398 e. The molecule has 0 aromatic heterocycles. The maximum Gasteiger partial charge on any atom is 0.260 e. The van der Waals surface area contributed by atoms with Crippen molar-refractivity contribution >= 4 is 38.7 Å². The number of hydrogen-bond acceptors (Lipinski definition) is 6. The summed E-state index contributed by atoms with van der Waals surface area (Å²) in [7, 11) is -3.64. The van der Waals surface area contributed by atoms with E-state index >= 15 is 0 Å². The van der Waals surface area contributed by atoms with Crippen molar-refractivity contribution in [2.45, 2.75) is 4.90 Å². The van der Waals surface area contributed by atoms with Crippen molar-refractivity contribution in [3.8, 4) is 0 Å². The zero-order valence-electron chi connectivity index (χ0n) is 19.8. The number of sulfone groups is 1. The van der Waals surface area contributed by atoms with E-state index in [2.05, 4.69) is 0 Å². The average molecular weight is 511 g/mol. The number of para-hydroxylation sites is 2. The van der Waals surface area contributed by atoms with Crippen molar-refractivity contribution in [3.63, 3.8) is 0 Å². The van der Waals surface area contributed by atoms with E-state index in [1.165, 1.54) is 17.0 Å². The lowest BCUT2D eigenvalue weighted by atomic mass is 10.1. The van der Waals surface area contributed by atoms with Gasteiger partial charge in [0.2, 0.25) is 5.91 Å². The van der Waals surface area contributed by atoms with Gasteiger partial charge in [-0.05, 0) is 42.5 Å². The van der Waals surface area contributed by atoms with Gasteiger partial charge in [0.05, 0.1) is 16.1 Å². The monoisotopic (exact) mass is 510 g/mol. The Labute approximate surface area is 209 Å². The molecule has 0 atom stereocenters. The first-order valence-electron chi connectivity index (χ1n) is 11.4. The van der Waals surface area contributed by atoms with E-state index in [9.17, 15) is 22.4 Å². The summed E-state index contributed by atoms with van der Waals surface area (Å²) < 4.78 is 38.1. The molecule has 1 heterocycles. The number of benzene rings is 3. The molecule has 2 amide bonds. The predicted molar refractivity (Wildman–Crippen MR) is 137 cm³/mol. The SMILES string of the molecule is CS(=O)(=O)c1cc(F)ccc1N1CCN(C(=O)CN(C(=O)c2ccccc2N)c2ccccc2)CC1. The first-order chi connectivity index (χ1) is 17.1. The van der Waals surface area contributed by atoms with Crippen LogP contribution in [0.15, 0.2) is 77.7 Å². The molecule has 1 aliphatic rings. The number of nitrogens with two attached hydrogens (primary N) is 1. The Kier molecular flexibility index (Phi) is 7.25. The van der Waals surface area contributed by atoms with Crippen LogP contribution in [-0.4, -0.2) is 64.1 Å². The molecule has 4 rings (SSSR count). The summed E-state index contributed by atoms with van der Waals surface area (Å²) in [4.78, 5) is 31.4. The lowest BCUT2D eigenvalue weighted by Crippen LogP contribution is -2.52. The molecule has 0 radical (unpaired) electrons. The van der Waals surface area contributed by atoms with Crippen LogP contribution >= 0.6 is 0 Å². The molecule has 0 spiro atoms. The van der Waals surface area contributed by atoms with Gasteiger partial charge in [0, 0.05) is 43.8 Å². The number of nitrogen functional groups attached to an aromatic ring is 1. The van der Waals surface area contributed by atoms with E-state index in [-0.39, 0.29) is 23.3 Å². The number of rotatable bonds is 6. The van der Waals surface area contributed by atoms with Gasteiger partial charge in [0.15, 0.2) is 9.84 Å². The molecule has 0 aliphatic carbocycles. The van der Waals surface area contributed by atoms with Gasteiger partial charge in [-0.1, -0.05) is 30.3 Å². The predicted octanol–water partition coefficient (Wildman–Crippen LogP) is 2.81. The third kappa shape index (κ3) is 5.49. The molecule has 8 nitrogen and oxygen atoms in total. The maximum absolute atomic E-state index is 13.7. The number of anilines is 3. The van der Waals surface area contributed by atoms with Gasteiger partial charge in [-0.25, -0.2) is 12.8 Å². The van der Waals surface area contributed by atoms with E-state index in [0.717, 1.165) is 12.3 Å². The number of carbonyl (C=O) groups is 2. The highest BCUT2D eigenvalue weighted by Gasteiger charge is 2.28. The summed E-state index contributed by atoms with van der Waals surface area (Å²) >= 11 is 0. The zero-order valence-corrected chi connectivity index (χ0v) is 20.6. The van der Waals surface area contributed by atoms with Crippen LogP contribution in [-0.2, 0) is 14.6 Å². The van der Waals surface area contributed by atoms with E-state index in [0.29, 0.717) is 48.8 Å². The third-order valence-corrected chi connectivity index (χ3v) is 7.22. The Balaban J connectivity index is 1.50. The Morgan fingerprint density at radius 3 is 2.22 bits per heavy atom. The number of carbonyl (C=O) groups excluding carboxylic acids is 2. The van der Waals surface area contributed by atoms with Crippen LogP contribution in [0.2, 0.25) is 0 Å². The highest BCUT2D eigenvalue weighted by atomic mass is 32.2. The second-order valence-electron chi connectivity index (χ2n) is 8.57. The second kappa shape index (κ2) is 10.4. The summed E-state index contributed by atoms with van der Waals surface area (Å²) in [6.45, 7) is 1.20. The van der Waals surface area contributed by atoms with Crippen molar-refractivity contribution in [1.29, 1.82) is 0 Å². The van der Waals surface area contributed by atoms with E-state index in [1.54, 1.807) is 53.4 Å². The van der Waals surface area contributed by atoms with E-state index < -0.39 is 15.7 Å². The molecule has 0 unspecified atom stereocenters. The fraction of sp³-hybridized carbons (Fsp3) is 0.231. The zero-order chi connectivity index (χ0) is 25.9. The van der Waals surface area contributed by atoms with Crippen LogP contribution in [0.25, 0.3) is 0 Å². The highest BCUT2D eigenvalue weighted by molar-refractivity contribution is 7.90. The quantitative estimate of drug-likeness (QED) is 0.512. The minimum Gasteiger partial charge on any atom is -0.398 e. The fourth-order valence-corrected chi connectivity index (χ4v) is 5.11. The first-order valence-corrected chi connectivity index (χ1v) is 13.3. The molecular formula is C26H27FN4O4S. The van der Waals surface area contributed by atoms with Crippen molar-refractivity contribution in [2.75, 3.05) is 54.5 Å². The van der Waals surface area contributed by atoms with Crippen LogP contribution in [0.5, 0.6) is 0 Å². The first kappa shape index (κ1) is 25.2. The van der Waals surface area contributed by atoms with E-state index in [1.807, 2.05) is 11.0 Å². The second-order valence-corrected chi connectivity index (χ2v) is 10.6. The minimum atomic E-state index is -3.64. The van der Waals surface area contributed by atoms with E-state index in [4.69, 9.17) is 5.73 Å². The summed E-state index contributed by atoms with van der Waals surface area (Å²) in [5, 5.41) is 0. The standard InChI is InChI=1S/C26H27FN4O4S/c1-36(34,35)24-17-19(27)11-12-23(24)29-13-15-30(16-14-29)25(32)18-31(20-7-3-2-4-8-20)26(33)21-9-5-6-10-22(21)28/h2-12,17H,13-16,18,28H2,1H3. The van der Waals surface area contributed by atoms with Crippen LogP contribution in [0, 0.1) is 5.82 Å². The molecule has 0 saturated carbocycles.